The van der Waals surface area contributed by atoms with Crippen LogP contribution in [0.1, 0.15) is 39.0 Å². The van der Waals surface area contributed by atoms with E-state index in [-0.39, 0.29) is 12.3 Å². The first kappa shape index (κ1) is 15.8. The minimum atomic E-state index is -1.37. The Morgan fingerprint density at radius 2 is 2.00 bits per heavy atom. The summed E-state index contributed by atoms with van der Waals surface area (Å²) >= 11 is 0. The number of esters is 1. The highest BCUT2D eigenvalue weighted by Gasteiger charge is 2.84. The zero-order chi connectivity index (χ0) is 17.9. The summed E-state index contributed by atoms with van der Waals surface area (Å²) in [5.74, 6) is -2.57. The molecule has 6 heteroatoms. The number of hydrogen-bond acceptors (Lipinski definition) is 5. The van der Waals surface area contributed by atoms with Crippen molar-refractivity contribution in [3.05, 3.63) is 12.2 Å². The Balaban J connectivity index is 1.76. The number of ether oxygens (including phenoxy) is 1. The van der Waals surface area contributed by atoms with Gasteiger partial charge in [0, 0.05) is 18.3 Å². The highest BCUT2D eigenvalue weighted by molar-refractivity contribution is 5.85. The maximum absolute atomic E-state index is 12.7. The maximum atomic E-state index is 12.7. The van der Waals surface area contributed by atoms with Gasteiger partial charge in [-0.05, 0) is 43.9 Å². The third-order valence-corrected chi connectivity index (χ3v) is 8.47. The molecule has 1 saturated heterocycles. The van der Waals surface area contributed by atoms with Gasteiger partial charge in [0.1, 0.15) is 11.0 Å². The highest BCUT2D eigenvalue weighted by Crippen LogP contribution is 2.77. The predicted octanol–water partition coefficient (Wildman–Crippen LogP) is 1.11. The highest BCUT2D eigenvalue weighted by atomic mass is 16.6. The second-order valence-electron chi connectivity index (χ2n) is 9.24. The van der Waals surface area contributed by atoms with Gasteiger partial charge in [0.25, 0.3) is 0 Å². The van der Waals surface area contributed by atoms with Crippen molar-refractivity contribution in [3.63, 3.8) is 0 Å². The Morgan fingerprint density at radius 1 is 1.28 bits per heavy atom. The normalized spacial score (nSPS) is 58.7. The fourth-order valence-electron chi connectivity index (χ4n) is 7.72. The molecule has 1 aliphatic heterocycles. The molecular formula is C19H24O6. The number of carboxylic acids is 1. The van der Waals surface area contributed by atoms with Crippen molar-refractivity contribution in [2.24, 2.45) is 34.5 Å². The van der Waals surface area contributed by atoms with E-state index < -0.39 is 52.4 Å². The van der Waals surface area contributed by atoms with E-state index in [2.05, 4.69) is 6.58 Å². The molecule has 0 aromatic rings. The zero-order valence-corrected chi connectivity index (χ0v) is 14.3. The number of carbonyl (C=O) groups is 2. The lowest BCUT2D eigenvalue weighted by atomic mass is 9.58. The first-order valence-electron chi connectivity index (χ1n) is 9.18. The molecule has 4 saturated carbocycles. The van der Waals surface area contributed by atoms with Crippen LogP contribution in [0.2, 0.25) is 0 Å². The Morgan fingerprint density at radius 3 is 2.68 bits per heavy atom. The second kappa shape index (κ2) is 4.29. The van der Waals surface area contributed by atoms with Crippen LogP contribution >= 0.6 is 0 Å². The van der Waals surface area contributed by atoms with Gasteiger partial charge in [0.2, 0.25) is 0 Å². The number of rotatable bonds is 1. The fraction of sp³-hybridized carbons (Fsp3) is 0.789. The van der Waals surface area contributed by atoms with E-state index in [1.807, 2.05) is 0 Å². The smallest absolute Gasteiger partial charge is 0.315 e. The lowest BCUT2D eigenvalue weighted by Crippen LogP contribution is -2.59. The minimum Gasteiger partial charge on any atom is -0.481 e. The van der Waals surface area contributed by atoms with Crippen molar-refractivity contribution in [1.29, 1.82) is 0 Å². The minimum absolute atomic E-state index is 0.0884. The van der Waals surface area contributed by atoms with Crippen molar-refractivity contribution in [2.75, 3.05) is 0 Å². The summed E-state index contributed by atoms with van der Waals surface area (Å²) < 4.78 is 5.92. The molecular weight excluding hydrogens is 324 g/mol. The molecule has 136 valence electrons. The average molecular weight is 348 g/mol. The van der Waals surface area contributed by atoms with E-state index in [4.69, 9.17) is 4.74 Å². The molecule has 5 fully saturated rings. The fourth-order valence-corrected chi connectivity index (χ4v) is 7.72. The van der Waals surface area contributed by atoms with E-state index in [9.17, 15) is 24.9 Å². The number of carbonyl (C=O) groups excluding carboxylic acids is 1. The summed E-state index contributed by atoms with van der Waals surface area (Å²) in [6.45, 7) is 5.77. The molecule has 1 unspecified atom stereocenters. The molecule has 0 aromatic heterocycles. The maximum Gasteiger partial charge on any atom is 0.315 e. The van der Waals surface area contributed by atoms with Crippen molar-refractivity contribution in [3.8, 4) is 0 Å². The van der Waals surface area contributed by atoms with Gasteiger partial charge >= 0.3 is 11.9 Å². The molecule has 25 heavy (non-hydrogen) atoms. The van der Waals surface area contributed by atoms with Crippen LogP contribution in [0.25, 0.3) is 0 Å². The average Bonchev–Trinajstić information content (AvgIpc) is 3.00. The molecule has 6 nitrogen and oxygen atoms in total. The Bertz CT molecular complexity index is 717. The van der Waals surface area contributed by atoms with Crippen molar-refractivity contribution in [1.82, 2.24) is 0 Å². The molecule has 0 radical (unpaired) electrons. The van der Waals surface area contributed by atoms with Crippen molar-refractivity contribution >= 4 is 11.9 Å². The number of allylic oxidation sites excluding steroid dienone is 1. The van der Waals surface area contributed by atoms with Gasteiger partial charge in [-0.2, -0.15) is 0 Å². The third-order valence-electron chi connectivity index (χ3n) is 8.47. The summed E-state index contributed by atoms with van der Waals surface area (Å²) in [6, 6.07) is 0. The first-order valence-corrected chi connectivity index (χ1v) is 9.18. The lowest BCUT2D eigenvalue weighted by Gasteiger charge is -2.46. The van der Waals surface area contributed by atoms with Crippen LogP contribution < -0.4 is 0 Å². The third kappa shape index (κ3) is 1.44. The standard InChI is InChI=1S/C19H24O6/c1-8-5-18-6-9(8)3-4-11(18)19-7-10(20)14(21)17(2,16(24)25-19)13(19)12(18)15(22)23/h9-14,20-21H,1,3-7H2,2H3,(H,22,23)/t9-,10+,11-,12-,13-,14+,17?,18+,19-/m1/s1. The van der Waals surface area contributed by atoms with Crippen LogP contribution in [0.4, 0.5) is 0 Å². The Kier molecular flexibility index (Phi) is 2.71. The van der Waals surface area contributed by atoms with Gasteiger partial charge in [-0.1, -0.05) is 12.2 Å². The number of hydrogen-bond donors (Lipinski definition) is 3. The van der Waals surface area contributed by atoms with Crippen LogP contribution in [0.15, 0.2) is 12.2 Å². The SMILES string of the molecule is C=C1C[C@]23C[C@H]1CC[C@H]2[C@@]12C[C@H](O)[C@H](O)C(C)(C(=O)O1)[C@H]2[C@@H]3C(=O)O. The van der Waals surface area contributed by atoms with Crippen molar-refractivity contribution < 1.29 is 29.6 Å². The molecule has 4 aliphatic carbocycles. The van der Waals surface area contributed by atoms with Crippen LogP contribution in [0.3, 0.4) is 0 Å². The van der Waals surface area contributed by atoms with Gasteiger partial charge in [-0.3, -0.25) is 9.59 Å². The molecule has 1 spiro atoms. The summed E-state index contributed by atoms with van der Waals surface area (Å²) in [6.07, 6.45) is 0.907. The van der Waals surface area contributed by atoms with Gasteiger partial charge in [0.15, 0.2) is 0 Å². The molecule has 4 bridgehead atoms. The molecule has 5 rings (SSSR count). The Labute approximate surface area is 145 Å². The zero-order valence-electron chi connectivity index (χ0n) is 14.3. The first-order chi connectivity index (χ1) is 11.7. The molecule has 9 atom stereocenters. The summed E-state index contributed by atoms with van der Waals surface area (Å²) in [5, 5.41) is 31.3. The summed E-state index contributed by atoms with van der Waals surface area (Å²) in [4.78, 5) is 25.2. The summed E-state index contributed by atoms with van der Waals surface area (Å²) in [7, 11) is 0. The molecule has 1 heterocycles. The predicted molar refractivity (Wildman–Crippen MR) is 85.2 cm³/mol. The quantitative estimate of drug-likeness (QED) is 0.484. The van der Waals surface area contributed by atoms with Gasteiger partial charge in [-0.25, -0.2) is 0 Å². The van der Waals surface area contributed by atoms with Crippen LogP contribution in [-0.4, -0.2) is 45.1 Å². The number of carboxylic acid groups (broad SMARTS) is 1. The largest absolute Gasteiger partial charge is 0.481 e. The lowest BCUT2D eigenvalue weighted by molar-refractivity contribution is -0.163. The molecule has 3 N–H and O–H groups in total. The molecule has 0 amide bonds. The van der Waals surface area contributed by atoms with E-state index >= 15 is 0 Å². The van der Waals surface area contributed by atoms with E-state index in [0.29, 0.717) is 12.3 Å². The monoisotopic (exact) mass is 348 g/mol. The Hall–Kier alpha value is -1.40. The van der Waals surface area contributed by atoms with Gasteiger partial charge in [-0.15, -0.1) is 0 Å². The van der Waals surface area contributed by atoms with E-state index in [1.54, 1.807) is 6.92 Å². The number of fused-ring (bicyclic) bond motifs is 1. The van der Waals surface area contributed by atoms with E-state index in [1.165, 1.54) is 0 Å². The molecule has 5 aliphatic rings. The van der Waals surface area contributed by atoms with Crippen LogP contribution in [0.5, 0.6) is 0 Å². The van der Waals surface area contributed by atoms with Gasteiger partial charge < -0.3 is 20.1 Å². The number of aliphatic hydroxyl groups excluding tert-OH is 2. The number of aliphatic carboxylic acids is 1. The van der Waals surface area contributed by atoms with Crippen LogP contribution in [-0.2, 0) is 14.3 Å². The molecule has 0 aromatic carbocycles. The van der Waals surface area contributed by atoms with Crippen molar-refractivity contribution in [2.45, 2.75) is 56.8 Å². The number of aliphatic hydroxyl groups is 2. The second-order valence-corrected chi connectivity index (χ2v) is 9.24. The van der Waals surface area contributed by atoms with Crippen LogP contribution in [0, 0.1) is 34.5 Å². The van der Waals surface area contributed by atoms with Gasteiger partial charge in [0.05, 0.1) is 18.1 Å². The topological polar surface area (TPSA) is 104 Å². The summed E-state index contributed by atoms with van der Waals surface area (Å²) in [5.41, 5.74) is -1.70. The van der Waals surface area contributed by atoms with E-state index in [0.717, 1.165) is 24.8 Å².